The highest BCUT2D eigenvalue weighted by atomic mass is 16.5. The van der Waals surface area contributed by atoms with Crippen LogP contribution in [0, 0.1) is 0 Å². The highest BCUT2D eigenvalue weighted by Gasteiger charge is 2.24. The molecule has 1 amide bonds. The van der Waals surface area contributed by atoms with E-state index in [-0.39, 0.29) is 12.5 Å². The third-order valence-corrected chi connectivity index (χ3v) is 5.45. The molecule has 0 N–H and O–H groups in total. The first-order chi connectivity index (χ1) is 14.1. The van der Waals surface area contributed by atoms with Crippen molar-refractivity contribution in [3.05, 3.63) is 76.6 Å². The lowest BCUT2D eigenvalue weighted by atomic mass is 10.1. The highest BCUT2D eigenvalue weighted by molar-refractivity contribution is 5.79. The summed E-state index contributed by atoms with van der Waals surface area (Å²) in [5, 5.41) is 0.812. The number of hydrogen-bond acceptors (Lipinski definition) is 5. The number of rotatable bonds is 5. The minimum atomic E-state index is -0.409. The minimum absolute atomic E-state index is 0.0309. The van der Waals surface area contributed by atoms with E-state index in [1.807, 2.05) is 17.0 Å². The molecule has 1 unspecified atom stereocenters. The van der Waals surface area contributed by atoms with E-state index in [0.717, 1.165) is 18.5 Å². The van der Waals surface area contributed by atoms with Crippen molar-refractivity contribution in [2.75, 3.05) is 32.8 Å². The first-order valence-corrected chi connectivity index (χ1v) is 9.83. The quantitative estimate of drug-likeness (QED) is 0.625. The zero-order valence-corrected chi connectivity index (χ0v) is 16.4. The molecular formula is C23H24N2O4. The Morgan fingerprint density at radius 3 is 2.52 bits per heavy atom. The Bertz CT molecular complexity index is 1040. The number of hydrogen-bond donors (Lipinski definition) is 0. The standard InChI is InChI=1S/C23H24N2O4/c1-17(18-5-3-2-4-6-18)24-11-13-25(14-12-24)22(26)16-28-20-9-7-19-8-10-23(27)29-21(19)15-20/h2-10,15,17H,11-14,16H2,1H3. The molecule has 0 aliphatic carbocycles. The molecule has 2 heterocycles. The van der Waals surface area contributed by atoms with Crippen LogP contribution in [0.2, 0.25) is 0 Å². The summed E-state index contributed by atoms with van der Waals surface area (Å²) in [5.74, 6) is 0.475. The van der Waals surface area contributed by atoms with E-state index in [9.17, 15) is 9.59 Å². The zero-order chi connectivity index (χ0) is 20.2. The van der Waals surface area contributed by atoms with E-state index in [0.29, 0.717) is 30.5 Å². The number of ether oxygens (including phenoxy) is 1. The fourth-order valence-electron chi connectivity index (χ4n) is 3.67. The second-order valence-electron chi connectivity index (χ2n) is 7.25. The predicted molar refractivity (Wildman–Crippen MR) is 111 cm³/mol. The fourth-order valence-corrected chi connectivity index (χ4v) is 3.67. The first-order valence-electron chi connectivity index (χ1n) is 9.83. The van der Waals surface area contributed by atoms with Crippen molar-refractivity contribution in [1.29, 1.82) is 0 Å². The van der Waals surface area contributed by atoms with Crippen molar-refractivity contribution in [3.8, 4) is 5.75 Å². The molecule has 0 radical (unpaired) electrons. The van der Waals surface area contributed by atoms with Crippen LogP contribution in [0.1, 0.15) is 18.5 Å². The van der Waals surface area contributed by atoms with E-state index >= 15 is 0 Å². The Labute approximate surface area is 169 Å². The van der Waals surface area contributed by atoms with Crippen molar-refractivity contribution in [3.63, 3.8) is 0 Å². The summed E-state index contributed by atoms with van der Waals surface area (Å²) in [6.07, 6.45) is 0. The average molecular weight is 392 g/mol. The molecule has 2 aromatic carbocycles. The molecule has 6 nitrogen and oxygen atoms in total. The maximum atomic E-state index is 12.5. The second kappa shape index (κ2) is 8.49. The van der Waals surface area contributed by atoms with Gasteiger partial charge >= 0.3 is 5.63 Å². The normalized spacial score (nSPS) is 16.0. The number of fused-ring (bicyclic) bond motifs is 1. The smallest absolute Gasteiger partial charge is 0.336 e. The summed E-state index contributed by atoms with van der Waals surface area (Å²) in [6.45, 7) is 5.22. The predicted octanol–water partition coefficient (Wildman–Crippen LogP) is 3.08. The van der Waals surface area contributed by atoms with E-state index in [1.165, 1.54) is 11.6 Å². The molecule has 1 atom stereocenters. The van der Waals surface area contributed by atoms with Gasteiger partial charge in [0.2, 0.25) is 0 Å². The number of carbonyl (C=O) groups is 1. The van der Waals surface area contributed by atoms with Crippen molar-refractivity contribution < 1.29 is 13.9 Å². The maximum absolute atomic E-state index is 12.5. The molecule has 1 aliphatic heterocycles. The van der Waals surface area contributed by atoms with Gasteiger partial charge in [0.25, 0.3) is 5.91 Å². The summed E-state index contributed by atoms with van der Waals surface area (Å²) >= 11 is 0. The lowest BCUT2D eigenvalue weighted by Gasteiger charge is -2.38. The van der Waals surface area contributed by atoms with Crippen LogP contribution < -0.4 is 10.4 Å². The van der Waals surface area contributed by atoms with Gasteiger partial charge in [-0.2, -0.15) is 0 Å². The van der Waals surface area contributed by atoms with Gasteiger partial charge in [0, 0.05) is 49.7 Å². The Kier molecular flexibility index (Phi) is 5.62. The maximum Gasteiger partial charge on any atom is 0.336 e. The summed E-state index contributed by atoms with van der Waals surface area (Å²) < 4.78 is 10.8. The Hall–Kier alpha value is -3.12. The SMILES string of the molecule is CC(c1ccccc1)N1CCN(C(=O)COc2ccc3ccc(=O)oc3c2)CC1. The van der Waals surface area contributed by atoms with Gasteiger partial charge < -0.3 is 14.1 Å². The van der Waals surface area contributed by atoms with Gasteiger partial charge in [-0.1, -0.05) is 30.3 Å². The van der Waals surface area contributed by atoms with Crippen molar-refractivity contribution in [1.82, 2.24) is 9.80 Å². The lowest BCUT2D eigenvalue weighted by Crippen LogP contribution is -2.50. The average Bonchev–Trinajstić information content (AvgIpc) is 2.77. The number of amides is 1. The van der Waals surface area contributed by atoms with Gasteiger partial charge in [0.05, 0.1) is 0 Å². The van der Waals surface area contributed by atoms with Crippen LogP contribution in [0.4, 0.5) is 0 Å². The molecule has 0 spiro atoms. The third kappa shape index (κ3) is 4.49. The summed E-state index contributed by atoms with van der Waals surface area (Å²) in [5.41, 5.74) is 1.33. The number of carbonyl (C=O) groups excluding carboxylic acids is 1. The molecule has 29 heavy (non-hydrogen) atoms. The van der Waals surface area contributed by atoms with Crippen molar-refractivity contribution in [2.24, 2.45) is 0 Å². The Morgan fingerprint density at radius 1 is 1.03 bits per heavy atom. The van der Waals surface area contributed by atoms with Crippen LogP contribution in [0.3, 0.4) is 0 Å². The monoisotopic (exact) mass is 392 g/mol. The van der Waals surface area contributed by atoms with Crippen LogP contribution in [0.5, 0.6) is 5.75 Å². The van der Waals surface area contributed by atoms with E-state index < -0.39 is 5.63 Å². The van der Waals surface area contributed by atoms with Crippen LogP contribution in [-0.2, 0) is 4.79 Å². The summed E-state index contributed by atoms with van der Waals surface area (Å²) in [7, 11) is 0. The molecule has 4 rings (SSSR count). The molecule has 0 saturated carbocycles. The van der Waals surface area contributed by atoms with Crippen molar-refractivity contribution in [2.45, 2.75) is 13.0 Å². The largest absolute Gasteiger partial charge is 0.484 e. The number of piperazine rings is 1. The van der Waals surface area contributed by atoms with Gasteiger partial charge in [0.1, 0.15) is 11.3 Å². The summed E-state index contributed by atoms with van der Waals surface area (Å²) in [6, 6.07) is 19.1. The zero-order valence-electron chi connectivity index (χ0n) is 16.4. The van der Waals surface area contributed by atoms with Crippen LogP contribution in [-0.4, -0.2) is 48.5 Å². The molecule has 3 aromatic rings. The van der Waals surface area contributed by atoms with Gasteiger partial charge in [-0.15, -0.1) is 0 Å². The molecular weight excluding hydrogens is 368 g/mol. The lowest BCUT2D eigenvalue weighted by molar-refractivity contribution is -0.135. The van der Waals surface area contributed by atoms with Gasteiger partial charge in [0.15, 0.2) is 6.61 Å². The molecule has 0 bridgehead atoms. The second-order valence-corrected chi connectivity index (χ2v) is 7.25. The molecule has 1 aliphatic rings. The molecule has 150 valence electrons. The van der Waals surface area contributed by atoms with E-state index in [2.05, 4.69) is 36.1 Å². The molecule has 1 fully saturated rings. The van der Waals surface area contributed by atoms with Gasteiger partial charge in [-0.3, -0.25) is 9.69 Å². The van der Waals surface area contributed by atoms with Crippen LogP contribution in [0.25, 0.3) is 11.0 Å². The Balaban J connectivity index is 1.30. The molecule has 1 saturated heterocycles. The number of benzene rings is 2. The topological polar surface area (TPSA) is 63.0 Å². The fraction of sp³-hybridized carbons (Fsp3) is 0.304. The third-order valence-electron chi connectivity index (χ3n) is 5.45. The van der Waals surface area contributed by atoms with Gasteiger partial charge in [-0.25, -0.2) is 4.79 Å². The molecule has 6 heteroatoms. The summed E-state index contributed by atoms with van der Waals surface area (Å²) in [4.78, 5) is 28.1. The highest BCUT2D eigenvalue weighted by Crippen LogP contribution is 2.22. The van der Waals surface area contributed by atoms with Crippen LogP contribution in [0.15, 0.2) is 69.9 Å². The minimum Gasteiger partial charge on any atom is -0.484 e. The van der Waals surface area contributed by atoms with E-state index in [4.69, 9.17) is 9.15 Å². The number of nitrogens with zero attached hydrogens (tertiary/aromatic N) is 2. The van der Waals surface area contributed by atoms with Gasteiger partial charge in [-0.05, 0) is 30.7 Å². The van der Waals surface area contributed by atoms with Crippen molar-refractivity contribution >= 4 is 16.9 Å². The Morgan fingerprint density at radius 2 is 1.76 bits per heavy atom. The van der Waals surface area contributed by atoms with E-state index in [1.54, 1.807) is 18.2 Å². The first kappa shape index (κ1) is 19.2. The molecule has 1 aromatic heterocycles. The van der Waals surface area contributed by atoms with Crippen LogP contribution >= 0.6 is 0 Å².